The molecule has 3 rings (SSSR count). The molecule has 0 aliphatic rings. The van der Waals surface area contributed by atoms with Gasteiger partial charge in [0.1, 0.15) is 5.56 Å². The summed E-state index contributed by atoms with van der Waals surface area (Å²) in [5.41, 5.74) is 2.15. The van der Waals surface area contributed by atoms with Crippen molar-refractivity contribution in [3.63, 3.8) is 0 Å². The quantitative estimate of drug-likeness (QED) is 0.748. The first-order valence-corrected chi connectivity index (χ1v) is 8.24. The molecule has 0 aliphatic carbocycles. The lowest BCUT2D eigenvalue weighted by molar-refractivity contribution is 0.102. The highest BCUT2D eigenvalue weighted by Crippen LogP contribution is 2.20. The molecule has 0 bridgehead atoms. The van der Waals surface area contributed by atoms with E-state index in [2.05, 4.69) is 41.1 Å². The summed E-state index contributed by atoms with van der Waals surface area (Å²) in [5.74, 6) is -0.319. The van der Waals surface area contributed by atoms with Gasteiger partial charge in [0, 0.05) is 42.4 Å². The van der Waals surface area contributed by atoms with Gasteiger partial charge in [0.2, 0.25) is 0 Å². The maximum absolute atomic E-state index is 12.5. The van der Waals surface area contributed by atoms with Crippen molar-refractivity contribution in [2.75, 3.05) is 16.8 Å². The molecule has 2 N–H and O–H groups in total. The Morgan fingerprint density at radius 3 is 2.64 bits per heavy atom. The second-order valence-electron chi connectivity index (χ2n) is 6.01. The molecule has 7 heteroatoms. The van der Waals surface area contributed by atoms with Crippen molar-refractivity contribution in [3.8, 4) is 0 Å². The predicted molar refractivity (Wildman–Crippen MR) is 98.4 cm³/mol. The number of rotatable bonds is 5. The third-order valence-corrected chi connectivity index (χ3v) is 4.09. The van der Waals surface area contributed by atoms with E-state index in [1.54, 1.807) is 0 Å². The molecule has 0 aliphatic heterocycles. The Kier molecular flexibility index (Phi) is 4.56. The number of aromatic amines is 1. The van der Waals surface area contributed by atoms with Gasteiger partial charge in [0.25, 0.3) is 11.5 Å². The number of hydrogen-bond donors (Lipinski definition) is 2. The Labute approximate surface area is 145 Å². The van der Waals surface area contributed by atoms with Gasteiger partial charge in [-0.2, -0.15) is 0 Å². The molecule has 0 fully saturated rings. The van der Waals surface area contributed by atoms with Crippen LogP contribution in [0.4, 0.5) is 11.4 Å². The summed E-state index contributed by atoms with van der Waals surface area (Å²) < 4.78 is 1.24. The Hall–Kier alpha value is -3.09. The first-order chi connectivity index (χ1) is 12.0. The van der Waals surface area contributed by atoms with Crippen molar-refractivity contribution in [2.45, 2.75) is 26.8 Å². The summed E-state index contributed by atoms with van der Waals surface area (Å²) >= 11 is 0. The minimum atomic E-state index is -0.319. The minimum Gasteiger partial charge on any atom is -0.369 e. The largest absolute Gasteiger partial charge is 0.369 e. The monoisotopic (exact) mass is 339 g/mol. The molecule has 25 heavy (non-hydrogen) atoms. The van der Waals surface area contributed by atoms with Gasteiger partial charge in [-0.1, -0.05) is 0 Å². The lowest BCUT2D eigenvalue weighted by Crippen LogP contribution is -2.30. The van der Waals surface area contributed by atoms with Crippen LogP contribution in [0.5, 0.6) is 0 Å². The molecule has 0 radical (unpaired) electrons. The van der Waals surface area contributed by atoms with Crippen LogP contribution in [0.2, 0.25) is 0 Å². The number of carbonyl (C=O) groups excluding carboxylic acids is 1. The average molecular weight is 339 g/mol. The number of aromatic nitrogens is 3. The van der Waals surface area contributed by atoms with Gasteiger partial charge < -0.3 is 10.2 Å². The lowest BCUT2D eigenvalue weighted by atomic mass is 10.2. The van der Waals surface area contributed by atoms with Gasteiger partial charge >= 0.3 is 0 Å². The number of hydrogen-bond acceptors (Lipinski definition) is 4. The van der Waals surface area contributed by atoms with Crippen LogP contribution in [0.3, 0.4) is 0 Å². The third-order valence-electron chi connectivity index (χ3n) is 4.09. The molecule has 0 saturated heterocycles. The van der Waals surface area contributed by atoms with Crippen molar-refractivity contribution in [1.82, 2.24) is 14.6 Å². The fourth-order valence-corrected chi connectivity index (χ4v) is 2.86. The van der Waals surface area contributed by atoms with Gasteiger partial charge in [-0.15, -0.1) is 0 Å². The Balaban J connectivity index is 1.81. The van der Waals surface area contributed by atoms with Crippen molar-refractivity contribution in [2.24, 2.45) is 0 Å². The first kappa shape index (κ1) is 16.8. The predicted octanol–water partition coefficient (Wildman–Crippen LogP) is 2.51. The Morgan fingerprint density at radius 1 is 1.28 bits per heavy atom. The topological polar surface area (TPSA) is 82.5 Å². The van der Waals surface area contributed by atoms with Crippen molar-refractivity contribution < 1.29 is 4.79 Å². The molecule has 1 amide bonds. The lowest BCUT2D eigenvalue weighted by Gasteiger charge is -2.27. The molecular weight excluding hydrogens is 318 g/mol. The van der Waals surface area contributed by atoms with Gasteiger partial charge in [-0.25, -0.2) is 9.50 Å². The van der Waals surface area contributed by atoms with Gasteiger partial charge in [-0.3, -0.25) is 14.7 Å². The maximum Gasteiger partial charge on any atom is 0.272 e. The molecule has 0 unspecified atom stereocenters. The summed E-state index contributed by atoms with van der Waals surface area (Å²) in [5, 5.41) is 5.58. The molecule has 3 aromatic rings. The van der Waals surface area contributed by atoms with Gasteiger partial charge in [0.15, 0.2) is 5.65 Å². The zero-order chi connectivity index (χ0) is 18.0. The SMILES string of the molecule is CCN(c1ccc(NC(=O)c2c[nH]n3c(=O)ccnc23)cc1)C(C)C. The van der Waals surface area contributed by atoms with E-state index in [9.17, 15) is 9.59 Å². The molecule has 1 aromatic carbocycles. The minimum absolute atomic E-state index is 0.262. The molecule has 130 valence electrons. The van der Waals surface area contributed by atoms with Crippen LogP contribution in [0.15, 0.2) is 47.5 Å². The molecule has 7 nitrogen and oxygen atoms in total. The van der Waals surface area contributed by atoms with Crippen LogP contribution in [-0.4, -0.2) is 33.1 Å². The van der Waals surface area contributed by atoms with E-state index >= 15 is 0 Å². The molecular formula is C18H21N5O2. The summed E-state index contributed by atoms with van der Waals surface area (Å²) in [6, 6.07) is 9.44. The standard InChI is InChI=1S/C18H21N5O2/c1-4-22(12(2)3)14-7-5-13(6-8-14)21-18(25)15-11-20-23-16(24)9-10-19-17(15)23/h5-12,20H,4H2,1-3H3,(H,21,25). The number of nitrogens with zero attached hydrogens (tertiary/aromatic N) is 3. The fraction of sp³-hybridized carbons (Fsp3) is 0.278. The smallest absolute Gasteiger partial charge is 0.272 e. The van der Waals surface area contributed by atoms with E-state index in [1.807, 2.05) is 24.3 Å². The van der Waals surface area contributed by atoms with Crippen LogP contribution < -0.4 is 15.8 Å². The maximum atomic E-state index is 12.5. The second kappa shape index (κ2) is 6.80. The molecule has 2 heterocycles. The van der Waals surface area contributed by atoms with Gasteiger partial charge in [-0.05, 0) is 45.0 Å². The number of nitrogens with one attached hydrogen (secondary N) is 2. The van der Waals surface area contributed by atoms with E-state index in [4.69, 9.17) is 0 Å². The highest BCUT2D eigenvalue weighted by Gasteiger charge is 2.15. The van der Waals surface area contributed by atoms with Crippen molar-refractivity contribution in [3.05, 3.63) is 58.6 Å². The first-order valence-electron chi connectivity index (χ1n) is 8.24. The zero-order valence-electron chi connectivity index (χ0n) is 14.5. The normalized spacial score (nSPS) is 11.0. The highest BCUT2D eigenvalue weighted by atomic mass is 16.2. The number of H-pyrrole nitrogens is 1. The summed E-state index contributed by atoms with van der Waals surface area (Å²) in [6.07, 6.45) is 2.87. The van der Waals surface area contributed by atoms with Crippen molar-refractivity contribution in [1.29, 1.82) is 0 Å². The van der Waals surface area contributed by atoms with Crippen molar-refractivity contribution >= 4 is 22.9 Å². The van der Waals surface area contributed by atoms with E-state index in [1.165, 1.54) is 23.0 Å². The number of benzene rings is 1. The summed E-state index contributed by atoms with van der Waals surface area (Å²) in [6.45, 7) is 7.32. The Bertz CT molecular complexity index is 940. The molecule has 0 atom stereocenters. The fourth-order valence-electron chi connectivity index (χ4n) is 2.86. The molecule has 2 aromatic heterocycles. The van der Waals surface area contributed by atoms with Crippen LogP contribution in [0.25, 0.3) is 5.65 Å². The number of fused-ring (bicyclic) bond motifs is 1. The molecule has 0 saturated carbocycles. The van der Waals surface area contributed by atoms with Gasteiger partial charge in [0.05, 0.1) is 0 Å². The summed E-state index contributed by atoms with van der Waals surface area (Å²) in [4.78, 5) is 30.6. The number of anilines is 2. The van der Waals surface area contributed by atoms with E-state index in [0.29, 0.717) is 22.9 Å². The van der Waals surface area contributed by atoms with Crippen LogP contribution in [-0.2, 0) is 0 Å². The van der Waals surface area contributed by atoms with Crippen LogP contribution >= 0.6 is 0 Å². The number of amides is 1. The highest BCUT2D eigenvalue weighted by molar-refractivity contribution is 6.08. The second-order valence-corrected chi connectivity index (χ2v) is 6.01. The Morgan fingerprint density at radius 2 is 2.00 bits per heavy atom. The van der Waals surface area contributed by atoms with Crippen LogP contribution in [0, 0.1) is 0 Å². The van der Waals surface area contributed by atoms with Crippen LogP contribution in [0.1, 0.15) is 31.1 Å². The third kappa shape index (κ3) is 3.26. The van der Waals surface area contributed by atoms with E-state index in [0.717, 1.165) is 12.2 Å². The average Bonchev–Trinajstić information content (AvgIpc) is 3.02. The zero-order valence-corrected chi connectivity index (χ0v) is 14.5. The van der Waals surface area contributed by atoms with E-state index in [-0.39, 0.29) is 11.5 Å². The van der Waals surface area contributed by atoms with E-state index < -0.39 is 0 Å². The number of carbonyl (C=O) groups is 1. The summed E-state index contributed by atoms with van der Waals surface area (Å²) in [7, 11) is 0. The molecule has 0 spiro atoms.